The van der Waals surface area contributed by atoms with E-state index in [0.29, 0.717) is 6.54 Å². The molecule has 1 atom stereocenters. The van der Waals surface area contributed by atoms with Crippen molar-refractivity contribution in [2.75, 3.05) is 11.9 Å². The van der Waals surface area contributed by atoms with Gasteiger partial charge in [0.05, 0.1) is 23.1 Å². The number of nitrogens with two attached hydrogens (primary N) is 1. The minimum Gasteiger partial charge on any atom is -0.367 e. The fourth-order valence-corrected chi connectivity index (χ4v) is 4.50. The van der Waals surface area contributed by atoms with Crippen LogP contribution in [-0.2, 0) is 0 Å². The molecule has 6 aromatic rings. The van der Waals surface area contributed by atoms with E-state index in [1.807, 2.05) is 48.5 Å². The van der Waals surface area contributed by atoms with Gasteiger partial charge in [0.15, 0.2) is 0 Å². The Bertz CT molecular complexity index is 1600. The van der Waals surface area contributed by atoms with Crippen molar-refractivity contribution in [1.29, 1.82) is 0 Å². The second kappa shape index (κ2) is 10.6. The number of benzene rings is 4. The van der Waals surface area contributed by atoms with Crippen LogP contribution in [0.5, 0.6) is 0 Å². The summed E-state index contributed by atoms with van der Waals surface area (Å²) in [7, 11) is 0. The molecule has 0 spiro atoms. The average molecular weight is 497 g/mol. The molecule has 0 saturated heterocycles. The molecule has 0 aliphatic heterocycles. The number of hydrogen-bond donors (Lipinski definition) is 4. The number of nitrogens with zero attached hydrogens (tertiary/aromatic N) is 2. The van der Waals surface area contributed by atoms with Crippen LogP contribution in [0.1, 0.15) is 11.7 Å². The Morgan fingerprint density at radius 1 is 0.579 bits per heavy atom. The van der Waals surface area contributed by atoms with Crippen LogP contribution in [-0.4, -0.2) is 26.9 Å². The van der Waals surface area contributed by atoms with Gasteiger partial charge < -0.3 is 11.1 Å². The zero-order valence-corrected chi connectivity index (χ0v) is 20.8. The van der Waals surface area contributed by atoms with E-state index in [0.717, 1.165) is 34.0 Å². The molecule has 186 valence electrons. The molecule has 0 fully saturated rings. The highest BCUT2D eigenvalue weighted by Crippen LogP contribution is 2.27. The maximum atomic E-state index is 6.45. The summed E-state index contributed by atoms with van der Waals surface area (Å²) < 4.78 is 0. The summed E-state index contributed by atoms with van der Waals surface area (Å²) in [6, 6.07) is 41.3. The molecule has 0 bridgehead atoms. The number of H-pyrrole nitrogens is 2. The Balaban J connectivity index is 1.07. The average Bonchev–Trinajstić information content (AvgIpc) is 3.68. The highest BCUT2D eigenvalue weighted by atomic mass is 15.2. The molecule has 1 unspecified atom stereocenters. The largest absolute Gasteiger partial charge is 0.367 e. The minimum absolute atomic E-state index is 0.259. The lowest BCUT2D eigenvalue weighted by atomic mass is 10.0. The van der Waals surface area contributed by atoms with Gasteiger partial charge in [0.2, 0.25) is 0 Å². The number of anilines is 1. The van der Waals surface area contributed by atoms with E-state index < -0.39 is 0 Å². The van der Waals surface area contributed by atoms with Crippen molar-refractivity contribution >= 4 is 5.82 Å². The van der Waals surface area contributed by atoms with E-state index in [2.05, 4.69) is 98.5 Å². The topological polar surface area (TPSA) is 95.4 Å². The smallest absolute Gasteiger partial charge is 0.148 e. The third-order valence-electron chi connectivity index (χ3n) is 6.67. The first kappa shape index (κ1) is 23.5. The molecular weight excluding hydrogens is 468 g/mol. The van der Waals surface area contributed by atoms with Gasteiger partial charge in [0, 0.05) is 18.2 Å². The standard InChI is InChI=1S/C32H28N6/c33-28(31-19-29(35-37-31)26-15-11-24(12-16-26)22-7-3-1-4-8-22)21-34-32-20-30(36-38-32)27-17-13-25(14-18-27)23-9-5-2-6-10-23/h1-20,28H,21,33H2,(H,35,37)(H2,34,36,38). The van der Waals surface area contributed by atoms with E-state index in [1.54, 1.807) is 0 Å². The fraction of sp³-hybridized carbons (Fsp3) is 0.0625. The van der Waals surface area contributed by atoms with Gasteiger partial charge in [-0.25, -0.2) is 0 Å². The number of nitrogens with one attached hydrogen (secondary N) is 3. The molecule has 0 aliphatic carbocycles. The number of aromatic amines is 2. The van der Waals surface area contributed by atoms with Gasteiger partial charge in [0.25, 0.3) is 0 Å². The van der Waals surface area contributed by atoms with Crippen LogP contribution in [0.2, 0.25) is 0 Å². The SMILES string of the molecule is NC(CNc1cc(-c2ccc(-c3ccccc3)cc2)[nH]n1)c1cc(-c2ccc(-c3ccccc3)cc2)n[nH]1. The summed E-state index contributed by atoms with van der Waals surface area (Å²) in [5.74, 6) is 0.749. The van der Waals surface area contributed by atoms with Crippen LogP contribution in [0.3, 0.4) is 0 Å². The highest BCUT2D eigenvalue weighted by molar-refractivity contribution is 5.70. The predicted octanol–water partition coefficient (Wildman–Crippen LogP) is 6.91. The van der Waals surface area contributed by atoms with Gasteiger partial charge in [-0.15, -0.1) is 0 Å². The molecule has 0 radical (unpaired) electrons. The van der Waals surface area contributed by atoms with Gasteiger partial charge in [-0.2, -0.15) is 10.2 Å². The van der Waals surface area contributed by atoms with Crippen molar-refractivity contribution in [1.82, 2.24) is 20.4 Å². The Morgan fingerprint density at radius 2 is 1.11 bits per heavy atom. The fourth-order valence-electron chi connectivity index (χ4n) is 4.50. The number of rotatable bonds is 8. The van der Waals surface area contributed by atoms with Crippen LogP contribution >= 0.6 is 0 Å². The molecule has 0 amide bonds. The van der Waals surface area contributed by atoms with E-state index in [1.165, 1.54) is 22.3 Å². The molecule has 0 saturated carbocycles. The Morgan fingerprint density at radius 3 is 1.71 bits per heavy atom. The molecule has 6 nitrogen and oxygen atoms in total. The molecule has 4 aromatic carbocycles. The highest BCUT2D eigenvalue weighted by Gasteiger charge is 2.12. The summed E-state index contributed by atoms with van der Waals surface area (Å²) in [5.41, 5.74) is 16.0. The number of aromatic nitrogens is 4. The first-order chi connectivity index (χ1) is 18.7. The van der Waals surface area contributed by atoms with Crippen molar-refractivity contribution in [3.63, 3.8) is 0 Å². The van der Waals surface area contributed by atoms with E-state index in [4.69, 9.17) is 5.73 Å². The quantitative estimate of drug-likeness (QED) is 0.184. The van der Waals surface area contributed by atoms with Crippen LogP contribution in [0.25, 0.3) is 44.8 Å². The van der Waals surface area contributed by atoms with Crippen LogP contribution < -0.4 is 11.1 Å². The summed E-state index contributed by atoms with van der Waals surface area (Å²) in [6.45, 7) is 0.520. The Labute approximate surface area is 221 Å². The van der Waals surface area contributed by atoms with Gasteiger partial charge in [0.1, 0.15) is 5.82 Å². The van der Waals surface area contributed by atoms with Crippen molar-refractivity contribution in [3.8, 4) is 44.8 Å². The zero-order chi connectivity index (χ0) is 25.7. The first-order valence-electron chi connectivity index (χ1n) is 12.6. The van der Waals surface area contributed by atoms with Gasteiger partial charge in [-0.3, -0.25) is 10.2 Å². The summed E-state index contributed by atoms with van der Waals surface area (Å²) >= 11 is 0. The molecule has 6 rings (SSSR count). The monoisotopic (exact) mass is 496 g/mol. The van der Waals surface area contributed by atoms with Crippen molar-refractivity contribution in [2.24, 2.45) is 5.73 Å². The van der Waals surface area contributed by atoms with Gasteiger partial charge >= 0.3 is 0 Å². The lowest BCUT2D eigenvalue weighted by Gasteiger charge is -2.09. The zero-order valence-electron chi connectivity index (χ0n) is 20.8. The summed E-state index contributed by atoms with van der Waals surface area (Å²) in [6.07, 6.45) is 0. The number of hydrogen-bond acceptors (Lipinski definition) is 4. The second-order valence-electron chi connectivity index (χ2n) is 9.25. The van der Waals surface area contributed by atoms with Crippen LogP contribution in [0.15, 0.2) is 121 Å². The molecule has 38 heavy (non-hydrogen) atoms. The third-order valence-corrected chi connectivity index (χ3v) is 6.67. The van der Waals surface area contributed by atoms with Crippen molar-refractivity contribution < 1.29 is 0 Å². The van der Waals surface area contributed by atoms with Crippen LogP contribution in [0, 0.1) is 0 Å². The second-order valence-corrected chi connectivity index (χ2v) is 9.25. The van der Waals surface area contributed by atoms with Gasteiger partial charge in [-0.1, -0.05) is 109 Å². The molecule has 0 aliphatic rings. The first-order valence-corrected chi connectivity index (χ1v) is 12.6. The summed E-state index contributed by atoms with van der Waals surface area (Å²) in [5, 5.41) is 18.4. The van der Waals surface area contributed by atoms with E-state index >= 15 is 0 Å². The van der Waals surface area contributed by atoms with E-state index in [-0.39, 0.29) is 6.04 Å². The molecule has 6 heteroatoms. The maximum absolute atomic E-state index is 6.45. The molecule has 2 heterocycles. The summed E-state index contributed by atoms with van der Waals surface area (Å²) in [4.78, 5) is 0. The van der Waals surface area contributed by atoms with Gasteiger partial charge in [-0.05, 0) is 33.9 Å². The maximum Gasteiger partial charge on any atom is 0.148 e. The third kappa shape index (κ3) is 5.12. The molecular formula is C32H28N6. The van der Waals surface area contributed by atoms with Crippen molar-refractivity contribution in [3.05, 3.63) is 127 Å². The predicted molar refractivity (Wildman–Crippen MR) is 154 cm³/mol. The minimum atomic E-state index is -0.259. The van der Waals surface area contributed by atoms with Crippen molar-refractivity contribution in [2.45, 2.75) is 6.04 Å². The molecule has 5 N–H and O–H groups in total. The van der Waals surface area contributed by atoms with Crippen LogP contribution in [0.4, 0.5) is 5.82 Å². The normalized spacial score (nSPS) is 11.8. The van der Waals surface area contributed by atoms with E-state index in [9.17, 15) is 0 Å². The Kier molecular flexibility index (Phi) is 6.53. The molecule has 2 aromatic heterocycles. The lowest BCUT2D eigenvalue weighted by molar-refractivity contribution is 0.727. The Hall–Kier alpha value is -4.94. The lowest BCUT2D eigenvalue weighted by Crippen LogP contribution is -2.21.